The zero-order valence-corrected chi connectivity index (χ0v) is 14.6. The number of nitrogens with two attached hydrogens (primary N) is 1. The average molecular weight is 412 g/mol. The van der Waals surface area contributed by atoms with E-state index >= 15 is 0 Å². The Kier molecular flexibility index (Phi) is 5.42. The molecular formula is C12H16Br2N2O2S. The van der Waals surface area contributed by atoms with Crippen LogP contribution in [0.1, 0.15) is 23.2 Å². The minimum atomic E-state index is 0.0406. The Morgan fingerprint density at radius 2 is 2.37 bits per heavy atom. The van der Waals surface area contributed by atoms with Gasteiger partial charge >= 0.3 is 0 Å². The number of likely N-dealkylation sites (tertiary alicyclic amines) is 1. The van der Waals surface area contributed by atoms with Gasteiger partial charge in [-0.1, -0.05) is 0 Å². The van der Waals surface area contributed by atoms with Gasteiger partial charge in [-0.15, -0.1) is 11.3 Å². The number of methoxy groups -OCH3 is 1. The average Bonchev–Trinajstić information content (AvgIpc) is 2.76. The molecule has 1 aliphatic rings. The van der Waals surface area contributed by atoms with Crippen LogP contribution in [0.2, 0.25) is 0 Å². The van der Waals surface area contributed by atoms with Gasteiger partial charge in [0.15, 0.2) is 0 Å². The molecule has 0 aromatic carbocycles. The number of ether oxygens (including phenoxy) is 1. The third kappa shape index (κ3) is 3.39. The summed E-state index contributed by atoms with van der Waals surface area (Å²) in [6, 6.07) is 1.91. The van der Waals surface area contributed by atoms with E-state index in [1.807, 2.05) is 11.0 Å². The van der Waals surface area contributed by atoms with Crippen molar-refractivity contribution < 1.29 is 9.53 Å². The number of nitrogens with zero attached hydrogens (tertiary/aromatic N) is 1. The molecule has 1 aromatic rings. The van der Waals surface area contributed by atoms with E-state index in [-0.39, 0.29) is 18.1 Å². The highest BCUT2D eigenvalue weighted by Crippen LogP contribution is 2.33. The second kappa shape index (κ2) is 6.67. The molecule has 1 fully saturated rings. The predicted molar refractivity (Wildman–Crippen MR) is 83.6 cm³/mol. The van der Waals surface area contributed by atoms with Crippen molar-refractivity contribution >= 4 is 49.1 Å². The summed E-state index contributed by atoms with van der Waals surface area (Å²) in [7, 11) is 1.71. The topological polar surface area (TPSA) is 55.6 Å². The molecule has 4 nitrogen and oxygen atoms in total. The number of hydrogen-bond acceptors (Lipinski definition) is 4. The van der Waals surface area contributed by atoms with E-state index in [9.17, 15) is 4.79 Å². The van der Waals surface area contributed by atoms with Crippen LogP contribution < -0.4 is 5.73 Å². The number of rotatable bonds is 3. The lowest BCUT2D eigenvalue weighted by Crippen LogP contribution is -2.51. The summed E-state index contributed by atoms with van der Waals surface area (Å²) >= 11 is 8.34. The first-order valence-corrected chi connectivity index (χ1v) is 8.45. The zero-order valence-electron chi connectivity index (χ0n) is 10.6. The maximum absolute atomic E-state index is 12.6. The normalized spacial score (nSPS) is 23.7. The summed E-state index contributed by atoms with van der Waals surface area (Å²) in [5.74, 6) is 0.0406. The molecule has 0 aliphatic carbocycles. The molecule has 0 saturated carbocycles. The van der Waals surface area contributed by atoms with Gasteiger partial charge in [-0.2, -0.15) is 0 Å². The standard InChI is InChI=1S/C12H16Br2N2O2S/c1-18-8-2-3-16(7(4-8)6-15)12(17)9-5-10(13)19-11(9)14/h5,7-8H,2-4,6,15H2,1H3. The fraction of sp³-hybridized carbons (Fsp3) is 0.583. The number of carbonyl (C=O) groups excluding carboxylic acids is 1. The van der Waals surface area contributed by atoms with Crippen molar-refractivity contribution in [1.29, 1.82) is 0 Å². The van der Waals surface area contributed by atoms with Crippen LogP contribution in [-0.4, -0.2) is 43.2 Å². The fourth-order valence-electron chi connectivity index (χ4n) is 2.36. The molecular weight excluding hydrogens is 396 g/mol. The van der Waals surface area contributed by atoms with Crippen LogP contribution in [0.15, 0.2) is 13.6 Å². The molecule has 0 radical (unpaired) electrons. The largest absolute Gasteiger partial charge is 0.381 e. The first-order valence-electron chi connectivity index (χ1n) is 6.05. The van der Waals surface area contributed by atoms with E-state index in [0.717, 1.165) is 20.4 Å². The quantitative estimate of drug-likeness (QED) is 0.831. The second-order valence-corrected chi connectivity index (χ2v) is 8.26. The van der Waals surface area contributed by atoms with E-state index < -0.39 is 0 Å². The van der Waals surface area contributed by atoms with Crippen LogP contribution in [0.3, 0.4) is 0 Å². The van der Waals surface area contributed by atoms with E-state index in [0.29, 0.717) is 18.7 Å². The molecule has 106 valence electrons. The number of amides is 1. The van der Waals surface area contributed by atoms with Crippen molar-refractivity contribution in [2.45, 2.75) is 25.0 Å². The van der Waals surface area contributed by atoms with Crippen molar-refractivity contribution in [3.05, 3.63) is 19.2 Å². The summed E-state index contributed by atoms with van der Waals surface area (Å²) < 4.78 is 7.18. The lowest BCUT2D eigenvalue weighted by Gasteiger charge is -2.38. The van der Waals surface area contributed by atoms with Gasteiger partial charge < -0.3 is 15.4 Å². The van der Waals surface area contributed by atoms with Crippen LogP contribution in [0.5, 0.6) is 0 Å². The zero-order chi connectivity index (χ0) is 14.0. The number of carbonyl (C=O) groups is 1. The fourth-order valence-corrected chi connectivity index (χ4v) is 5.14. The minimum absolute atomic E-state index is 0.0406. The molecule has 2 unspecified atom stereocenters. The van der Waals surface area contributed by atoms with Crippen molar-refractivity contribution in [3.63, 3.8) is 0 Å². The van der Waals surface area contributed by atoms with Crippen molar-refractivity contribution in [2.75, 3.05) is 20.2 Å². The van der Waals surface area contributed by atoms with Gasteiger partial charge in [0.2, 0.25) is 0 Å². The van der Waals surface area contributed by atoms with Gasteiger partial charge in [-0.05, 0) is 50.8 Å². The maximum atomic E-state index is 12.6. The monoisotopic (exact) mass is 410 g/mol. The Morgan fingerprint density at radius 1 is 1.63 bits per heavy atom. The lowest BCUT2D eigenvalue weighted by atomic mass is 9.98. The molecule has 7 heteroatoms. The molecule has 1 saturated heterocycles. The number of thiophene rings is 1. The molecule has 1 amide bonds. The van der Waals surface area contributed by atoms with Gasteiger partial charge in [0.25, 0.3) is 5.91 Å². The number of hydrogen-bond donors (Lipinski definition) is 1. The third-order valence-corrected chi connectivity index (χ3v) is 5.76. The van der Waals surface area contributed by atoms with Gasteiger partial charge in [-0.25, -0.2) is 0 Å². The molecule has 2 heterocycles. The van der Waals surface area contributed by atoms with E-state index in [1.165, 1.54) is 11.3 Å². The summed E-state index contributed by atoms with van der Waals surface area (Å²) in [6.07, 6.45) is 1.87. The highest BCUT2D eigenvalue weighted by Gasteiger charge is 2.32. The van der Waals surface area contributed by atoms with E-state index in [4.69, 9.17) is 10.5 Å². The van der Waals surface area contributed by atoms with Gasteiger partial charge in [0.05, 0.1) is 19.2 Å². The first kappa shape index (κ1) is 15.4. The number of halogens is 2. The van der Waals surface area contributed by atoms with Crippen LogP contribution >= 0.6 is 43.2 Å². The lowest BCUT2D eigenvalue weighted by molar-refractivity contribution is 0.0139. The molecule has 19 heavy (non-hydrogen) atoms. The van der Waals surface area contributed by atoms with Crippen LogP contribution in [-0.2, 0) is 4.74 Å². The smallest absolute Gasteiger partial charge is 0.256 e. The van der Waals surface area contributed by atoms with Crippen molar-refractivity contribution in [1.82, 2.24) is 4.90 Å². The molecule has 0 bridgehead atoms. The van der Waals surface area contributed by atoms with Crippen molar-refractivity contribution in [3.8, 4) is 0 Å². The van der Waals surface area contributed by atoms with Gasteiger partial charge in [0.1, 0.15) is 0 Å². The SMILES string of the molecule is COC1CCN(C(=O)c2cc(Br)sc2Br)C(CN)C1. The summed E-state index contributed by atoms with van der Waals surface area (Å²) in [5, 5.41) is 0. The molecule has 1 aromatic heterocycles. The Balaban J connectivity index is 2.16. The Labute approximate surface area is 133 Å². The highest BCUT2D eigenvalue weighted by atomic mass is 79.9. The maximum Gasteiger partial charge on any atom is 0.256 e. The molecule has 1 aliphatic heterocycles. The van der Waals surface area contributed by atoms with E-state index in [1.54, 1.807) is 7.11 Å². The van der Waals surface area contributed by atoms with E-state index in [2.05, 4.69) is 31.9 Å². The Morgan fingerprint density at radius 3 is 2.89 bits per heavy atom. The minimum Gasteiger partial charge on any atom is -0.381 e. The Bertz CT molecular complexity index is 467. The third-order valence-electron chi connectivity index (χ3n) is 3.42. The van der Waals surface area contributed by atoms with Gasteiger partial charge in [-0.3, -0.25) is 4.79 Å². The number of piperidine rings is 1. The molecule has 2 N–H and O–H groups in total. The Hall–Kier alpha value is 0.0500. The van der Waals surface area contributed by atoms with Crippen LogP contribution in [0, 0.1) is 0 Å². The summed E-state index contributed by atoms with van der Waals surface area (Å²) in [5.41, 5.74) is 6.50. The first-order chi connectivity index (χ1) is 9.06. The summed E-state index contributed by atoms with van der Waals surface area (Å²) in [6.45, 7) is 1.16. The summed E-state index contributed by atoms with van der Waals surface area (Å²) in [4.78, 5) is 14.5. The second-order valence-electron chi connectivity index (χ2n) is 4.51. The van der Waals surface area contributed by atoms with Crippen molar-refractivity contribution in [2.24, 2.45) is 5.73 Å². The van der Waals surface area contributed by atoms with Crippen LogP contribution in [0.25, 0.3) is 0 Å². The van der Waals surface area contributed by atoms with Gasteiger partial charge in [0, 0.05) is 26.2 Å². The predicted octanol–water partition coefficient (Wildman–Crippen LogP) is 2.85. The molecule has 0 spiro atoms. The highest BCUT2D eigenvalue weighted by molar-refractivity contribution is 9.12. The van der Waals surface area contributed by atoms with Crippen LogP contribution in [0.4, 0.5) is 0 Å². The molecule has 2 atom stereocenters. The molecule has 2 rings (SSSR count).